The van der Waals surface area contributed by atoms with Crippen LogP contribution < -0.4 is 5.32 Å². The molecule has 0 bridgehead atoms. The van der Waals surface area contributed by atoms with Gasteiger partial charge in [0.25, 0.3) is 0 Å². The van der Waals surface area contributed by atoms with Crippen molar-refractivity contribution in [3.8, 4) is 6.07 Å². The Morgan fingerprint density at radius 2 is 2.25 bits per heavy atom. The summed E-state index contributed by atoms with van der Waals surface area (Å²) in [5.74, 6) is 0.409. The number of nitrogens with zero attached hydrogens (tertiary/aromatic N) is 2. The maximum atomic E-state index is 9.56. The molecule has 4 nitrogen and oxygen atoms in total. The van der Waals surface area contributed by atoms with Gasteiger partial charge in [0, 0.05) is 6.20 Å². The van der Waals surface area contributed by atoms with Gasteiger partial charge in [-0.2, -0.15) is 5.26 Å². The number of nitrogens with one attached hydrogen (secondary N) is 1. The van der Waals surface area contributed by atoms with E-state index in [0.29, 0.717) is 11.4 Å². The lowest BCUT2D eigenvalue weighted by Crippen LogP contribution is -2.42. The van der Waals surface area contributed by atoms with E-state index < -0.39 is 11.6 Å². The fraction of sp³-hybridized carbons (Fsp3) is 0.455. The molecule has 1 unspecified atom stereocenters. The Hall–Kier alpha value is -1.31. The summed E-state index contributed by atoms with van der Waals surface area (Å²) < 4.78 is 0. The number of rotatable bonds is 3. The van der Waals surface area contributed by atoms with Gasteiger partial charge in [0.2, 0.25) is 0 Å². The molecule has 86 valence electrons. The highest BCUT2D eigenvalue weighted by atomic mass is 35.5. The van der Waals surface area contributed by atoms with Gasteiger partial charge in [-0.05, 0) is 26.8 Å². The fourth-order valence-corrected chi connectivity index (χ4v) is 1.23. The third kappa shape index (κ3) is 2.63. The summed E-state index contributed by atoms with van der Waals surface area (Å²) in [4.78, 5) is 4.05. The first-order valence-corrected chi connectivity index (χ1v) is 5.27. The lowest BCUT2D eigenvalue weighted by molar-refractivity contribution is 0.133. The van der Waals surface area contributed by atoms with Crippen LogP contribution in [0.4, 0.5) is 5.82 Å². The van der Waals surface area contributed by atoms with Crippen molar-refractivity contribution in [1.82, 2.24) is 4.98 Å². The van der Waals surface area contributed by atoms with Gasteiger partial charge in [-0.1, -0.05) is 11.6 Å². The second-order valence-corrected chi connectivity index (χ2v) is 4.53. The average Bonchev–Trinajstić information content (AvgIpc) is 2.20. The van der Waals surface area contributed by atoms with E-state index in [2.05, 4.69) is 10.3 Å². The topological polar surface area (TPSA) is 68.9 Å². The second-order valence-electron chi connectivity index (χ2n) is 4.16. The molecule has 1 aromatic rings. The smallest absolute Gasteiger partial charge is 0.146 e. The summed E-state index contributed by atoms with van der Waals surface area (Å²) in [7, 11) is 0. The summed E-state index contributed by atoms with van der Waals surface area (Å²) in [5.41, 5.74) is -0.203. The number of hydrogen-bond acceptors (Lipinski definition) is 4. The zero-order valence-electron chi connectivity index (χ0n) is 9.45. The molecule has 0 aliphatic rings. The highest BCUT2D eigenvalue weighted by Crippen LogP contribution is 2.26. The van der Waals surface area contributed by atoms with Gasteiger partial charge in [0.15, 0.2) is 0 Å². The van der Waals surface area contributed by atoms with Crippen molar-refractivity contribution in [2.45, 2.75) is 32.4 Å². The summed E-state index contributed by atoms with van der Waals surface area (Å²) in [6.07, 6.45) is 0.932. The van der Waals surface area contributed by atoms with Crippen LogP contribution in [0.3, 0.4) is 0 Å². The summed E-state index contributed by atoms with van der Waals surface area (Å²) >= 11 is 5.99. The van der Waals surface area contributed by atoms with E-state index in [-0.39, 0.29) is 5.02 Å². The van der Waals surface area contributed by atoms with E-state index in [9.17, 15) is 5.11 Å². The second kappa shape index (κ2) is 4.69. The molecule has 2 N–H and O–H groups in total. The van der Waals surface area contributed by atoms with Crippen molar-refractivity contribution in [1.29, 1.82) is 5.26 Å². The zero-order valence-corrected chi connectivity index (χ0v) is 10.2. The minimum absolute atomic E-state index is 0.277. The van der Waals surface area contributed by atoms with Gasteiger partial charge < -0.3 is 10.4 Å². The Balaban J connectivity index is 3.04. The number of hydrogen-bond donors (Lipinski definition) is 2. The number of aliphatic hydroxyl groups excluding tert-OH is 1. The van der Waals surface area contributed by atoms with Gasteiger partial charge in [-0.25, -0.2) is 4.98 Å². The standard InChI is InChI=1S/C11H14ClN3O/c1-7(16)11(2,3)15-10-9(12)8(6-13)4-5-14-10/h4-5,7,16H,1-3H3,(H,14,15). The first-order chi connectivity index (χ1) is 7.38. The maximum Gasteiger partial charge on any atom is 0.146 e. The normalized spacial score (nSPS) is 13.0. The molecule has 1 aromatic heterocycles. The van der Waals surface area contributed by atoms with Crippen molar-refractivity contribution in [2.24, 2.45) is 0 Å². The SMILES string of the molecule is CC(O)C(C)(C)Nc1nccc(C#N)c1Cl. The number of aliphatic hydroxyl groups is 1. The summed E-state index contributed by atoms with van der Waals surface area (Å²) in [5, 5.41) is 21.7. The Kier molecular flexibility index (Phi) is 3.74. The van der Waals surface area contributed by atoms with Crippen LogP contribution in [0, 0.1) is 11.3 Å². The number of aromatic nitrogens is 1. The van der Waals surface area contributed by atoms with E-state index in [4.69, 9.17) is 16.9 Å². The van der Waals surface area contributed by atoms with E-state index >= 15 is 0 Å². The molecule has 0 aliphatic heterocycles. The molecule has 1 heterocycles. The van der Waals surface area contributed by atoms with Crippen LogP contribution in [0.25, 0.3) is 0 Å². The van der Waals surface area contributed by atoms with E-state index in [0.717, 1.165) is 0 Å². The largest absolute Gasteiger partial charge is 0.391 e. The highest BCUT2D eigenvalue weighted by Gasteiger charge is 2.25. The monoisotopic (exact) mass is 239 g/mol. The zero-order chi connectivity index (χ0) is 12.3. The Bertz CT molecular complexity index is 424. The van der Waals surface area contributed by atoms with Crippen LogP contribution in [-0.4, -0.2) is 21.7 Å². The minimum atomic E-state index is -0.573. The molecule has 0 spiro atoms. The third-order valence-electron chi connectivity index (χ3n) is 2.49. The minimum Gasteiger partial charge on any atom is -0.391 e. The summed E-state index contributed by atoms with van der Waals surface area (Å²) in [6.45, 7) is 5.33. The first-order valence-electron chi connectivity index (χ1n) is 4.89. The Morgan fingerprint density at radius 1 is 1.62 bits per heavy atom. The lowest BCUT2D eigenvalue weighted by Gasteiger charge is -2.30. The molecule has 0 aromatic carbocycles. The predicted octanol–water partition coefficient (Wildman–Crippen LogP) is 2.18. The summed E-state index contributed by atoms with van der Waals surface area (Å²) in [6, 6.07) is 3.52. The molecular weight excluding hydrogens is 226 g/mol. The molecule has 1 rings (SSSR count). The van der Waals surface area contributed by atoms with Gasteiger partial charge in [-0.3, -0.25) is 0 Å². The van der Waals surface area contributed by atoms with Crippen LogP contribution >= 0.6 is 11.6 Å². The molecule has 0 fully saturated rings. The van der Waals surface area contributed by atoms with Gasteiger partial charge >= 0.3 is 0 Å². The molecule has 1 atom stereocenters. The molecule has 0 saturated carbocycles. The van der Waals surface area contributed by atoms with Crippen molar-refractivity contribution >= 4 is 17.4 Å². The van der Waals surface area contributed by atoms with Gasteiger partial charge in [0.1, 0.15) is 16.9 Å². The highest BCUT2D eigenvalue weighted by molar-refractivity contribution is 6.34. The lowest BCUT2D eigenvalue weighted by atomic mass is 9.99. The molecule has 0 radical (unpaired) electrons. The van der Waals surface area contributed by atoms with E-state index in [1.165, 1.54) is 6.20 Å². The van der Waals surface area contributed by atoms with Gasteiger partial charge in [-0.15, -0.1) is 0 Å². The van der Waals surface area contributed by atoms with Crippen LogP contribution in [0.5, 0.6) is 0 Å². The Labute approximate surface area is 99.9 Å². The predicted molar refractivity (Wildman–Crippen MR) is 63.3 cm³/mol. The van der Waals surface area contributed by atoms with Crippen molar-refractivity contribution in [3.05, 3.63) is 22.8 Å². The third-order valence-corrected chi connectivity index (χ3v) is 2.88. The maximum absolute atomic E-state index is 9.56. The number of nitriles is 1. The quantitative estimate of drug-likeness (QED) is 0.848. The molecule has 0 saturated heterocycles. The van der Waals surface area contributed by atoms with E-state index in [1.807, 2.05) is 19.9 Å². The van der Waals surface area contributed by atoms with Crippen molar-refractivity contribution in [2.75, 3.05) is 5.32 Å². The number of anilines is 1. The fourth-order valence-electron chi connectivity index (χ4n) is 1.03. The van der Waals surface area contributed by atoms with Crippen molar-refractivity contribution < 1.29 is 5.11 Å². The number of pyridine rings is 1. The number of halogens is 1. The van der Waals surface area contributed by atoms with E-state index in [1.54, 1.807) is 13.0 Å². The molecule has 0 aliphatic carbocycles. The molecular formula is C11H14ClN3O. The average molecular weight is 240 g/mol. The first kappa shape index (κ1) is 12.8. The van der Waals surface area contributed by atoms with Gasteiger partial charge in [0.05, 0.1) is 17.2 Å². The van der Waals surface area contributed by atoms with Crippen LogP contribution in [-0.2, 0) is 0 Å². The molecule has 16 heavy (non-hydrogen) atoms. The van der Waals surface area contributed by atoms with Crippen LogP contribution in [0.15, 0.2) is 12.3 Å². The molecule has 5 heteroatoms. The van der Waals surface area contributed by atoms with Crippen LogP contribution in [0.2, 0.25) is 5.02 Å². The van der Waals surface area contributed by atoms with Crippen molar-refractivity contribution in [3.63, 3.8) is 0 Å². The van der Waals surface area contributed by atoms with Crippen LogP contribution in [0.1, 0.15) is 26.3 Å². The Morgan fingerprint density at radius 3 is 2.75 bits per heavy atom. The molecule has 0 amide bonds.